The minimum Gasteiger partial charge on any atom is -0.346 e. The molecule has 1 fully saturated rings. The van der Waals surface area contributed by atoms with Crippen LogP contribution in [0.3, 0.4) is 0 Å². The van der Waals surface area contributed by atoms with Gasteiger partial charge in [0.05, 0.1) is 11.5 Å². The van der Waals surface area contributed by atoms with Gasteiger partial charge in [-0.25, -0.2) is 0 Å². The molecule has 0 bridgehead atoms. The van der Waals surface area contributed by atoms with E-state index >= 15 is 0 Å². The fourth-order valence-corrected chi connectivity index (χ4v) is 3.71. The Labute approximate surface area is 167 Å². The number of halogens is 3. The highest BCUT2D eigenvalue weighted by Crippen LogP contribution is 2.37. The molecule has 1 aliphatic heterocycles. The zero-order chi connectivity index (χ0) is 21.2. The molecule has 1 saturated heterocycles. The van der Waals surface area contributed by atoms with E-state index in [1.807, 2.05) is 6.92 Å². The number of hydrogen-bond acceptors (Lipinski definition) is 2. The third kappa shape index (κ3) is 4.44. The Morgan fingerprint density at radius 1 is 1.07 bits per heavy atom. The van der Waals surface area contributed by atoms with Crippen LogP contribution in [0.2, 0.25) is 0 Å². The second kappa shape index (κ2) is 8.27. The first-order chi connectivity index (χ1) is 13.7. The van der Waals surface area contributed by atoms with E-state index in [2.05, 4.69) is 0 Å². The van der Waals surface area contributed by atoms with Crippen LogP contribution in [0.15, 0.2) is 54.6 Å². The van der Waals surface area contributed by atoms with Crippen LogP contribution < -0.4 is 0 Å². The average molecular weight is 404 g/mol. The third-order valence-corrected chi connectivity index (χ3v) is 5.44. The summed E-state index contributed by atoms with van der Waals surface area (Å²) in [5.41, 5.74) is 0.163. The third-order valence-electron chi connectivity index (χ3n) is 5.44. The molecular formula is C22H23F3N2O2. The Balaban J connectivity index is 1.94. The molecule has 1 heterocycles. The van der Waals surface area contributed by atoms with E-state index in [0.29, 0.717) is 17.7 Å². The average Bonchev–Trinajstić information content (AvgIpc) is 3.17. The van der Waals surface area contributed by atoms with Gasteiger partial charge in [-0.15, -0.1) is 0 Å². The normalized spacial score (nSPS) is 19.3. The van der Waals surface area contributed by atoms with E-state index in [4.69, 9.17) is 0 Å². The van der Waals surface area contributed by atoms with Crippen LogP contribution in [0.4, 0.5) is 13.2 Å². The van der Waals surface area contributed by atoms with Gasteiger partial charge in [-0.1, -0.05) is 36.4 Å². The minimum atomic E-state index is -4.46. The summed E-state index contributed by atoms with van der Waals surface area (Å²) in [5, 5.41) is 0. The van der Waals surface area contributed by atoms with Gasteiger partial charge in [0.25, 0.3) is 5.91 Å². The summed E-state index contributed by atoms with van der Waals surface area (Å²) in [6.07, 6.45) is -4.46. The molecule has 0 unspecified atom stereocenters. The van der Waals surface area contributed by atoms with E-state index in [0.717, 1.165) is 12.1 Å². The number of amides is 2. The summed E-state index contributed by atoms with van der Waals surface area (Å²) < 4.78 is 39.5. The summed E-state index contributed by atoms with van der Waals surface area (Å²) in [5.74, 6) is -1.47. The molecule has 2 amide bonds. The van der Waals surface area contributed by atoms with Gasteiger partial charge in [0.15, 0.2) is 0 Å². The Morgan fingerprint density at radius 2 is 1.76 bits per heavy atom. The lowest BCUT2D eigenvalue weighted by atomic mass is 9.87. The zero-order valence-corrected chi connectivity index (χ0v) is 16.3. The van der Waals surface area contributed by atoms with Gasteiger partial charge in [0.1, 0.15) is 0 Å². The molecule has 4 nitrogen and oxygen atoms in total. The minimum absolute atomic E-state index is 0.168. The molecule has 0 saturated carbocycles. The SMILES string of the molecule is CCN(C)C(=O)[C@H]1CN(C(=O)c2ccccc2)C[C@H]1c1cccc(C(F)(F)F)c1. The second-order valence-corrected chi connectivity index (χ2v) is 7.26. The Morgan fingerprint density at radius 3 is 2.38 bits per heavy atom. The molecule has 2 aromatic rings. The van der Waals surface area contributed by atoms with Crippen LogP contribution in [0, 0.1) is 5.92 Å². The second-order valence-electron chi connectivity index (χ2n) is 7.26. The molecule has 0 aromatic heterocycles. The predicted octanol–water partition coefficient (Wildman–Crippen LogP) is 4.04. The number of carbonyl (C=O) groups excluding carboxylic acids is 2. The number of nitrogens with zero attached hydrogens (tertiary/aromatic N) is 2. The highest BCUT2D eigenvalue weighted by molar-refractivity contribution is 5.95. The maximum atomic E-state index is 13.2. The highest BCUT2D eigenvalue weighted by atomic mass is 19.4. The molecule has 0 N–H and O–H groups in total. The molecule has 7 heteroatoms. The molecular weight excluding hydrogens is 381 g/mol. The van der Waals surface area contributed by atoms with Gasteiger partial charge in [-0.3, -0.25) is 9.59 Å². The van der Waals surface area contributed by atoms with Crippen LogP contribution in [-0.4, -0.2) is 48.3 Å². The Bertz CT molecular complexity index is 883. The van der Waals surface area contributed by atoms with Crippen molar-refractivity contribution in [2.45, 2.75) is 19.0 Å². The van der Waals surface area contributed by atoms with Gasteiger partial charge in [-0.05, 0) is 30.7 Å². The molecule has 3 rings (SSSR count). The van der Waals surface area contributed by atoms with Gasteiger partial charge in [-0.2, -0.15) is 13.2 Å². The van der Waals surface area contributed by atoms with Gasteiger partial charge in [0.2, 0.25) is 5.91 Å². The monoisotopic (exact) mass is 404 g/mol. The van der Waals surface area contributed by atoms with Crippen LogP contribution in [0.5, 0.6) is 0 Å². The Hall–Kier alpha value is -2.83. The summed E-state index contributed by atoms with van der Waals surface area (Å²) in [6, 6.07) is 13.7. The summed E-state index contributed by atoms with van der Waals surface area (Å²) in [7, 11) is 1.66. The number of hydrogen-bond donors (Lipinski definition) is 0. The summed E-state index contributed by atoms with van der Waals surface area (Å²) in [6.45, 7) is 2.69. The van der Waals surface area contributed by atoms with Crippen molar-refractivity contribution in [2.75, 3.05) is 26.7 Å². The lowest BCUT2D eigenvalue weighted by molar-refractivity contribution is -0.137. The molecule has 0 aliphatic carbocycles. The number of benzene rings is 2. The van der Waals surface area contributed by atoms with Crippen molar-refractivity contribution in [1.82, 2.24) is 9.80 Å². The molecule has 0 radical (unpaired) electrons. The van der Waals surface area contributed by atoms with Crippen LogP contribution in [0.25, 0.3) is 0 Å². The van der Waals surface area contributed by atoms with Crippen LogP contribution >= 0.6 is 0 Å². The smallest absolute Gasteiger partial charge is 0.346 e. The highest BCUT2D eigenvalue weighted by Gasteiger charge is 2.42. The maximum absolute atomic E-state index is 13.2. The lowest BCUT2D eigenvalue weighted by Crippen LogP contribution is -2.36. The summed E-state index contributed by atoms with van der Waals surface area (Å²) >= 11 is 0. The molecule has 29 heavy (non-hydrogen) atoms. The fraction of sp³-hybridized carbons (Fsp3) is 0.364. The van der Waals surface area contributed by atoms with Crippen molar-refractivity contribution in [3.63, 3.8) is 0 Å². The largest absolute Gasteiger partial charge is 0.416 e. The molecule has 154 valence electrons. The zero-order valence-electron chi connectivity index (χ0n) is 16.3. The van der Waals surface area contributed by atoms with Crippen molar-refractivity contribution in [1.29, 1.82) is 0 Å². The number of likely N-dealkylation sites (tertiary alicyclic amines) is 1. The number of rotatable bonds is 4. The van der Waals surface area contributed by atoms with E-state index < -0.39 is 23.6 Å². The first kappa shape index (κ1) is 20.9. The maximum Gasteiger partial charge on any atom is 0.416 e. The molecule has 0 spiro atoms. The fourth-order valence-electron chi connectivity index (χ4n) is 3.71. The standard InChI is InChI=1S/C22H23F3N2O2/c1-3-26(2)21(29)19-14-27(20(28)15-8-5-4-6-9-15)13-18(19)16-10-7-11-17(12-16)22(23,24)25/h4-12,18-19H,3,13-14H2,1-2H3/t18-,19-/m0/s1. The van der Waals surface area contributed by atoms with Gasteiger partial charge < -0.3 is 9.80 Å². The topological polar surface area (TPSA) is 40.6 Å². The molecule has 1 aliphatic rings. The number of carbonyl (C=O) groups is 2. The summed E-state index contributed by atoms with van der Waals surface area (Å²) in [4.78, 5) is 28.9. The predicted molar refractivity (Wildman–Crippen MR) is 103 cm³/mol. The first-order valence-corrected chi connectivity index (χ1v) is 9.48. The van der Waals surface area contributed by atoms with Crippen LogP contribution in [0.1, 0.15) is 34.3 Å². The van der Waals surface area contributed by atoms with Crippen molar-refractivity contribution in [2.24, 2.45) is 5.92 Å². The van der Waals surface area contributed by atoms with Gasteiger partial charge in [0, 0.05) is 38.2 Å². The van der Waals surface area contributed by atoms with Gasteiger partial charge >= 0.3 is 6.18 Å². The number of alkyl halides is 3. The van der Waals surface area contributed by atoms with E-state index in [1.165, 1.54) is 6.07 Å². The van der Waals surface area contributed by atoms with Crippen LogP contribution in [-0.2, 0) is 11.0 Å². The quantitative estimate of drug-likeness (QED) is 0.772. The van der Waals surface area contributed by atoms with E-state index in [-0.39, 0.29) is 24.9 Å². The van der Waals surface area contributed by atoms with E-state index in [9.17, 15) is 22.8 Å². The first-order valence-electron chi connectivity index (χ1n) is 9.48. The Kier molecular flexibility index (Phi) is 5.96. The molecule has 2 aromatic carbocycles. The van der Waals surface area contributed by atoms with Crippen molar-refractivity contribution >= 4 is 11.8 Å². The lowest BCUT2D eigenvalue weighted by Gasteiger charge is -2.23. The molecule has 2 atom stereocenters. The van der Waals surface area contributed by atoms with Crippen molar-refractivity contribution in [3.8, 4) is 0 Å². The van der Waals surface area contributed by atoms with E-state index in [1.54, 1.807) is 53.2 Å². The van der Waals surface area contributed by atoms with Crippen molar-refractivity contribution in [3.05, 3.63) is 71.3 Å². The van der Waals surface area contributed by atoms with Crippen molar-refractivity contribution < 1.29 is 22.8 Å².